The van der Waals surface area contributed by atoms with Gasteiger partial charge in [-0.05, 0) is 90.8 Å². The minimum Gasteiger partial charge on any atom is -0.493 e. The predicted octanol–water partition coefficient (Wildman–Crippen LogP) is 5.83. The number of ether oxygens (including phenoxy) is 4. The van der Waals surface area contributed by atoms with Crippen molar-refractivity contribution in [1.29, 1.82) is 0 Å². The molecule has 3 aromatic rings. The number of esters is 1. The fraction of sp³-hybridized carbons (Fsp3) is 0.286. The average Bonchev–Trinajstić information content (AvgIpc) is 2.93. The second-order valence-corrected chi connectivity index (χ2v) is 9.33. The van der Waals surface area contributed by atoms with Crippen molar-refractivity contribution in [2.24, 2.45) is 0 Å². The van der Waals surface area contributed by atoms with E-state index in [2.05, 4.69) is 10.2 Å². The third-order valence-electron chi connectivity index (χ3n) is 6.46. The number of hydrogen-bond donors (Lipinski definition) is 1. The molecule has 0 aromatic heterocycles. The molecule has 37 heavy (non-hydrogen) atoms. The first-order valence-corrected chi connectivity index (χ1v) is 12.5. The van der Waals surface area contributed by atoms with Crippen LogP contribution in [0.15, 0.2) is 54.6 Å². The van der Waals surface area contributed by atoms with E-state index in [1.807, 2.05) is 37.3 Å². The lowest BCUT2D eigenvalue weighted by atomic mass is 9.92. The lowest BCUT2D eigenvalue weighted by molar-refractivity contribution is 0.0600. The van der Waals surface area contributed by atoms with Crippen molar-refractivity contribution in [3.05, 3.63) is 81.9 Å². The SMILES string of the molecule is COC(=O)c1ccc(OCC2c3cc(OC)c(OC)cc3CCN2C(=S)Nc2cccc(Cl)c2C)cc1. The molecule has 1 atom stereocenters. The van der Waals surface area contributed by atoms with Crippen molar-refractivity contribution in [1.82, 2.24) is 4.90 Å². The maximum Gasteiger partial charge on any atom is 0.337 e. The summed E-state index contributed by atoms with van der Waals surface area (Å²) in [7, 11) is 4.60. The highest BCUT2D eigenvalue weighted by atomic mass is 35.5. The number of fused-ring (bicyclic) bond motifs is 1. The Labute approximate surface area is 227 Å². The van der Waals surface area contributed by atoms with Gasteiger partial charge in [-0.1, -0.05) is 17.7 Å². The van der Waals surface area contributed by atoms with Crippen LogP contribution in [0, 0.1) is 6.92 Å². The Morgan fingerprint density at radius 1 is 1.08 bits per heavy atom. The molecule has 1 aliphatic heterocycles. The largest absolute Gasteiger partial charge is 0.493 e. The molecule has 1 heterocycles. The molecule has 0 amide bonds. The van der Waals surface area contributed by atoms with Crippen LogP contribution in [0.4, 0.5) is 5.69 Å². The summed E-state index contributed by atoms with van der Waals surface area (Å²) in [6.07, 6.45) is 0.774. The molecule has 1 unspecified atom stereocenters. The van der Waals surface area contributed by atoms with Gasteiger partial charge in [-0.2, -0.15) is 0 Å². The number of halogens is 1. The number of anilines is 1. The van der Waals surface area contributed by atoms with Crippen LogP contribution in [0.1, 0.15) is 33.1 Å². The van der Waals surface area contributed by atoms with Gasteiger partial charge in [0.05, 0.1) is 32.9 Å². The smallest absolute Gasteiger partial charge is 0.337 e. The fourth-order valence-corrected chi connectivity index (χ4v) is 4.86. The fourth-order valence-electron chi connectivity index (χ4n) is 4.36. The van der Waals surface area contributed by atoms with Gasteiger partial charge in [0.1, 0.15) is 12.4 Å². The van der Waals surface area contributed by atoms with Crippen molar-refractivity contribution < 1.29 is 23.7 Å². The highest BCUT2D eigenvalue weighted by molar-refractivity contribution is 7.80. The molecule has 0 spiro atoms. The van der Waals surface area contributed by atoms with Crippen molar-refractivity contribution in [2.45, 2.75) is 19.4 Å². The number of carbonyl (C=O) groups is 1. The second kappa shape index (κ2) is 11.7. The van der Waals surface area contributed by atoms with Crippen molar-refractivity contribution in [3.8, 4) is 17.2 Å². The standard InChI is InChI=1S/C28H29ClN2O5S/c1-17-22(29)6-5-7-23(17)30-28(37)31-13-12-19-14-25(33-2)26(34-3)15-21(19)24(31)16-36-20-10-8-18(9-11-20)27(32)35-4/h5-11,14-15,24H,12-13,16H2,1-4H3,(H,30,37). The first-order valence-electron chi connectivity index (χ1n) is 11.7. The van der Waals surface area contributed by atoms with E-state index in [9.17, 15) is 4.79 Å². The zero-order valence-corrected chi connectivity index (χ0v) is 22.7. The van der Waals surface area contributed by atoms with Crippen LogP contribution >= 0.6 is 23.8 Å². The molecule has 7 nitrogen and oxygen atoms in total. The maximum atomic E-state index is 11.8. The highest BCUT2D eigenvalue weighted by Crippen LogP contribution is 2.39. The molecule has 194 valence electrons. The second-order valence-electron chi connectivity index (χ2n) is 8.53. The Morgan fingerprint density at radius 3 is 2.46 bits per heavy atom. The Bertz CT molecular complexity index is 1300. The third kappa shape index (κ3) is 5.76. The van der Waals surface area contributed by atoms with E-state index in [0.29, 0.717) is 46.1 Å². The lowest BCUT2D eigenvalue weighted by Gasteiger charge is -2.39. The van der Waals surface area contributed by atoms with Gasteiger partial charge in [0.25, 0.3) is 0 Å². The zero-order valence-electron chi connectivity index (χ0n) is 21.2. The minimum atomic E-state index is -0.396. The molecule has 0 fully saturated rings. The van der Waals surface area contributed by atoms with E-state index in [0.717, 1.165) is 28.8 Å². The summed E-state index contributed by atoms with van der Waals surface area (Å²) in [4.78, 5) is 13.9. The Balaban J connectivity index is 1.63. The summed E-state index contributed by atoms with van der Waals surface area (Å²) in [6.45, 7) is 2.95. The van der Waals surface area contributed by atoms with Crippen molar-refractivity contribution in [2.75, 3.05) is 39.8 Å². The van der Waals surface area contributed by atoms with Crippen LogP contribution in [0.5, 0.6) is 17.2 Å². The van der Waals surface area contributed by atoms with Gasteiger partial charge in [0.15, 0.2) is 16.6 Å². The molecule has 0 aliphatic carbocycles. The maximum absolute atomic E-state index is 11.8. The number of hydrogen-bond acceptors (Lipinski definition) is 6. The Morgan fingerprint density at radius 2 is 1.78 bits per heavy atom. The Kier molecular flexibility index (Phi) is 8.41. The van der Waals surface area contributed by atoms with E-state index >= 15 is 0 Å². The van der Waals surface area contributed by atoms with Crippen LogP contribution in [-0.4, -0.2) is 50.5 Å². The van der Waals surface area contributed by atoms with E-state index < -0.39 is 5.97 Å². The molecule has 0 radical (unpaired) electrons. The molecular weight excluding hydrogens is 512 g/mol. The molecule has 1 N–H and O–H groups in total. The van der Waals surface area contributed by atoms with Crippen LogP contribution in [0.25, 0.3) is 0 Å². The lowest BCUT2D eigenvalue weighted by Crippen LogP contribution is -2.44. The minimum absolute atomic E-state index is 0.205. The molecule has 0 saturated carbocycles. The van der Waals surface area contributed by atoms with Crippen LogP contribution in [0.2, 0.25) is 5.02 Å². The van der Waals surface area contributed by atoms with Gasteiger partial charge in [0.2, 0.25) is 0 Å². The predicted molar refractivity (Wildman–Crippen MR) is 148 cm³/mol. The molecule has 0 saturated heterocycles. The monoisotopic (exact) mass is 540 g/mol. The van der Waals surface area contributed by atoms with Gasteiger partial charge in [0, 0.05) is 17.3 Å². The quantitative estimate of drug-likeness (QED) is 0.297. The van der Waals surface area contributed by atoms with E-state index in [1.165, 1.54) is 7.11 Å². The number of methoxy groups -OCH3 is 3. The first kappa shape index (κ1) is 26.6. The summed E-state index contributed by atoms with van der Waals surface area (Å²) in [5.41, 5.74) is 4.42. The van der Waals surface area contributed by atoms with Crippen molar-refractivity contribution in [3.63, 3.8) is 0 Å². The molecular formula is C28H29ClN2O5S. The zero-order chi connectivity index (χ0) is 26.5. The first-order chi connectivity index (χ1) is 17.9. The summed E-state index contributed by atoms with van der Waals surface area (Å²) in [5, 5.41) is 4.61. The van der Waals surface area contributed by atoms with Crippen LogP contribution in [-0.2, 0) is 11.2 Å². The average molecular weight is 541 g/mol. The van der Waals surface area contributed by atoms with Gasteiger partial charge in [-0.15, -0.1) is 0 Å². The summed E-state index contributed by atoms with van der Waals surface area (Å²) in [6, 6.07) is 16.3. The van der Waals surface area contributed by atoms with Gasteiger partial charge < -0.3 is 29.2 Å². The number of nitrogens with zero attached hydrogens (tertiary/aromatic N) is 1. The number of thiocarbonyl (C=S) groups is 1. The number of benzene rings is 3. The van der Waals surface area contributed by atoms with E-state index in [1.54, 1.807) is 38.5 Å². The normalized spacial score (nSPS) is 14.4. The molecule has 4 rings (SSSR count). The Hall–Kier alpha value is -3.49. The number of rotatable bonds is 7. The molecule has 0 bridgehead atoms. The molecule has 1 aliphatic rings. The number of carbonyl (C=O) groups excluding carboxylic acids is 1. The summed E-state index contributed by atoms with van der Waals surface area (Å²) in [5.74, 6) is 1.56. The number of nitrogens with one attached hydrogen (secondary N) is 1. The molecule has 9 heteroatoms. The molecule has 3 aromatic carbocycles. The summed E-state index contributed by atoms with van der Waals surface area (Å²) < 4.78 is 22.1. The van der Waals surface area contributed by atoms with Gasteiger partial charge in [-0.3, -0.25) is 0 Å². The van der Waals surface area contributed by atoms with E-state index in [-0.39, 0.29) is 6.04 Å². The highest BCUT2D eigenvalue weighted by Gasteiger charge is 2.31. The van der Waals surface area contributed by atoms with Crippen molar-refractivity contribution >= 4 is 40.6 Å². The summed E-state index contributed by atoms with van der Waals surface area (Å²) >= 11 is 12.2. The van der Waals surface area contributed by atoms with Crippen LogP contribution in [0.3, 0.4) is 0 Å². The van der Waals surface area contributed by atoms with E-state index in [4.69, 9.17) is 42.8 Å². The van der Waals surface area contributed by atoms with Crippen LogP contribution < -0.4 is 19.5 Å². The third-order valence-corrected chi connectivity index (χ3v) is 7.20. The van der Waals surface area contributed by atoms with Gasteiger partial charge >= 0.3 is 5.97 Å². The van der Waals surface area contributed by atoms with Gasteiger partial charge in [-0.25, -0.2) is 4.79 Å². The topological polar surface area (TPSA) is 69.3 Å².